The van der Waals surface area contributed by atoms with Crippen molar-refractivity contribution in [2.45, 2.75) is 68.7 Å². The Kier molecular flexibility index (Phi) is 55.5. The second-order valence-corrected chi connectivity index (χ2v) is 32.7. The summed E-state index contributed by atoms with van der Waals surface area (Å²) in [5.41, 5.74) is 24.0. The summed E-state index contributed by atoms with van der Waals surface area (Å²) in [6, 6.07) is 5.72. The highest BCUT2D eigenvalue weighted by atomic mass is 31.3. The molecule has 0 aliphatic carbocycles. The van der Waals surface area contributed by atoms with E-state index in [4.69, 9.17) is 84.0 Å². The van der Waals surface area contributed by atoms with Crippen molar-refractivity contribution in [3.63, 3.8) is 0 Å². The van der Waals surface area contributed by atoms with E-state index in [9.17, 15) is 4.79 Å². The summed E-state index contributed by atoms with van der Waals surface area (Å²) in [4.78, 5) is 40.9. The van der Waals surface area contributed by atoms with Crippen LogP contribution in [0.4, 0.5) is 16.7 Å². The highest BCUT2D eigenvalue weighted by molar-refractivity contribution is 7.83. The zero-order chi connectivity index (χ0) is 76.7. The summed E-state index contributed by atoms with van der Waals surface area (Å²) in [5, 5.41) is 69.7. The van der Waals surface area contributed by atoms with Crippen LogP contribution >= 0.6 is 45.5 Å². The molecule has 44 nitrogen and oxygen atoms in total. The number of rotatable bonds is 27. The lowest BCUT2D eigenvalue weighted by Gasteiger charge is -2.36. The Morgan fingerprint density at radius 1 is 0.604 bits per heavy atom. The van der Waals surface area contributed by atoms with E-state index in [2.05, 4.69) is 133 Å². The van der Waals surface area contributed by atoms with Gasteiger partial charge in [-0.25, -0.2) is 40.1 Å². The largest absolute Gasteiger partial charge is 0.453 e. The molecule has 23 N–H and O–H groups in total. The van der Waals surface area contributed by atoms with Crippen molar-refractivity contribution >= 4 is 63.5 Å². The average molecular weight is 1560 g/mol. The SMILES string of the molecule is C=C(NC)Nc1nc(CC)nc(NC(=O)OC)n1.CC.CC.CCNP1(NCN)=NP(NC)(NCN)=NP(NCN)(NCN)=N1.CCOP1(OCO)=NP(OC)(OCO)=NP(OCO)(OCO)=N1.CN1CNCNC1.Cc1cnc(C)n1C.Cn1ccnc1.Cn1ccnc1.c1ccncc1. The Balaban J connectivity index is 0. The maximum atomic E-state index is 11.1. The van der Waals surface area contributed by atoms with Gasteiger partial charge in [0, 0.05) is 117 Å². The molecule has 50 heteroatoms. The number of ether oxygens (including phenoxy) is 1. The molecule has 1 saturated heterocycles. The molecule has 3 aliphatic heterocycles. The van der Waals surface area contributed by atoms with Crippen LogP contribution in [0.2, 0.25) is 0 Å². The molecule has 1 fully saturated rings. The maximum absolute atomic E-state index is 11.1. The minimum absolute atomic E-state index is 0.0852. The number of hydrogen-bond acceptors (Lipinski definition) is 40. The molecule has 0 bridgehead atoms. The van der Waals surface area contributed by atoms with E-state index >= 15 is 0 Å². The Hall–Kier alpha value is -5.14. The number of nitrogens with one attached hydrogen (secondary N) is 11. The number of aliphatic hydroxyl groups excluding tert-OH is 4. The second-order valence-electron chi connectivity index (χ2n) is 18.2. The summed E-state index contributed by atoms with van der Waals surface area (Å²) in [6.07, 6.45) is 16.1. The molecule has 8 rings (SSSR count). The fourth-order valence-corrected chi connectivity index (χ4v) is 26.2. The van der Waals surface area contributed by atoms with Crippen LogP contribution in [0.3, 0.4) is 0 Å². The smallest absolute Gasteiger partial charge is 0.413 e. The molecule has 1 amide bonds. The zero-order valence-electron chi connectivity index (χ0n) is 61.2. The molecule has 0 saturated carbocycles. The Labute approximate surface area is 595 Å². The average Bonchev–Trinajstić information content (AvgIpc) is 1.40. The first-order chi connectivity index (χ1) is 48.5. The topological polar surface area (TPSA) is 581 Å². The molecule has 0 spiro atoms. The summed E-state index contributed by atoms with van der Waals surface area (Å²) >= 11 is 0. The lowest BCUT2D eigenvalue weighted by atomic mass is 10.4. The molecule has 8 heterocycles. The van der Waals surface area contributed by atoms with Crippen LogP contribution in [0.25, 0.3) is 0 Å². The number of aliphatic hydroxyl groups is 4. The van der Waals surface area contributed by atoms with Crippen molar-refractivity contribution in [2.24, 2.45) is 71.2 Å². The number of methoxy groups -OCH3 is 1. The lowest BCUT2D eigenvalue weighted by Crippen LogP contribution is -2.48. The predicted octanol–water partition coefficient (Wildman–Crippen LogP) is 4.79. The summed E-state index contributed by atoms with van der Waals surface area (Å²) in [6.45, 7) is 22.4. The molecule has 0 aromatic carbocycles. The van der Waals surface area contributed by atoms with Crippen molar-refractivity contribution in [3.8, 4) is 0 Å². The van der Waals surface area contributed by atoms with Gasteiger partial charge in [-0.2, -0.15) is 28.5 Å². The second kappa shape index (κ2) is 57.2. The molecule has 4 atom stereocenters. The van der Waals surface area contributed by atoms with E-state index in [0.717, 1.165) is 25.8 Å². The maximum Gasteiger partial charge on any atom is 0.413 e. The normalized spacial score (nSPS) is 19.3. The third-order valence-corrected chi connectivity index (χ3v) is 29.5. The van der Waals surface area contributed by atoms with Gasteiger partial charge in [0.1, 0.15) is 11.6 Å². The molecular weight excluding hydrogens is 1440 g/mol. The monoisotopic (exact) mass is 1550 g/mol. The number of carbonyl (C=O) groups is 1. The van der Waals surface area contributed by atoms with Crippen LogP contribution in [0, 0.1) is 13.8 Å². The van der Waals surface area contributed by atoms with Crippen LogP contribution < -0.4 is 80.0 Å². The number of anilines is 2. The molecular formula is C51H116N32O12P6. The van der Waals surface area contributed by atoms with E-state index in [1.54, 1.807) is 58.5 Å². The van der Waals surface area contributed by atoms with Crippen molar-refractivity contribution in [1.29, 1.82) is 0 Å². The third-order valence-electron chi connectivity index (χ3n) is 11.1. The van der Waals surface area contributed by atoms with E-state index in [1.807, 2.05) is 122 Å². The fourth-order valence-electron chi connectivity index (χ4n) is 6.60. The zero-order valence-corrected chi connectivity index (χ0v) is 66.6. The summed E-state index contributed by atoms with van der Waals surface area (Å²) < 4.78 is 67.6. The highest BCUT2D eigenvalue weighted by Crippen LogP contribution is 2.80. The predicted molar refractivity (Wildman–Crippen MR) is 401 cm³/mol. The van der Waals surface area contributed by atoms with Crippen LogP contribution in [0.5, 0.6) is 0 Å². The number of nitrogens with zero attached hydrogens (tertiary/aromatic N) is 17. The molecule has 3 aliphatic rings. The summed E-state index contributed by atoms with van der Waals surface area (Å²) in [7, 11) is -4.57. The van der Waals surface area contributed by atoms with Crippen molar-refractivity contribution in [1.82, 2.24) is 100.0 Å². The van der Waals surface area contributed by atoms with Gasteiger partial charge >= 0.3 is 29.1 Å². The first-order valence-electron chi connectivity index (χ1n) is 31.2. The minimum Gasteiger partial charge on any atom is -0.453 e. The van der Waals surface area contributed by atoms with Gasteiger partial charge in [0.25, 0.3) is 0 Å². The van der Waals surface area contributed by atoms with Crippen molar-refractivity contribution in [2.75, 3.05) is 133 Å². The molecule has 582 valence electrons. The highest BCUT2D eigenvalue weighted by Gasteiger charge is 2.43. The Morgan fingerprint density at radius 2 is 1.05 bits per heavy atom. The number of nitrogens with two attached hydrogens (primary N) is 4. The molecule has 4 unspecified atom stereocenters. The van der Waals surface area contributed by atoms with E-state index in [0.29, 0.717) is 30.6 Å². The van der Waals surface area contributed by atoms with Gasteiger partial charge < -0.3 is 81.5 Å². The number of aryl methyl sites for hydroxylation is 5. The number of amides is 1. The molecule has 5 aromatic heterocycles. The first kappa shape index (κ1) is 97.9. The van der Waals surface area contributed by atoms with Gasteiger partial charge in [0.2, 0.25) is 34.4 Å². The summed E-state index contributed by atoms with van der Waals surface area (Å²) in [5.74, 6) is 2.57. The van der Waals surface area contributed by atoms with E-state index in [1.165, 1.54) is 19.9 Å². The standard InChI is InChI=1S/C10H16N6O2.C7H30N13P3.C7H20N3O10P3.C6H10N2.C5H5N.C4H11N3.2C4H6N2.2C2H6/c1-5-7-13-8(12-6(2)11-3)15-9(14-7)16-10(17)18-4;1-3-13-22(15-5-9)18-21(12-2,14-4-8)19-23(20-22,16-6-10)17-7-11;1-3-16-22(18-5-12)8-21(15-2,17-4-11)9-23(10-22,19-6-13)20-7-14;1-5-4-7-6(2)8(5)3;1-2-4-6-5-3-1;1-7-3-5-2-6-4-7;2*1-6-3-2-5-4-6;2*1-2/h11H,2,5H2,1,3-4H3,(H2,12,13,14,15,16,17);12-17H,3-11H2,1-2H3;11-14H,3-7H2,1-2H3;4H,1-3H3;1-5H;5-6H,2-4H2,1H3;2*2-4H,1H3;2*1-2H3. The van der Waals surface area contributed by atoms with Gasteiger partial charge in [0.05, 0.1) is 58.9 Å². The van der Waals surface area contributed by atoms with E-state index in [-0.39, 0.29) is 39.2 Å². The van der Waals surface area contributed by atoms with Gasteiger partial charge in [-0.1, -0.05) is 54.2 Å². The Bertz CT molecular complexity index is 3020. The minimum atomic E-state index is -3.71. The number of aromatic nitrogens is 10. The number of carbonyl (C=O) groups excluding carboxylic acids is 1. The van der Waals surface area contributed by atoms with E-state index < -0.39 is 78.8 Å². The fraction of sp³-hybridized carbons (Fsp3) is 0.608. The molecule has 5 aromatic rings. The van der Waals surface area contributed by atoms with Gasteiger partial charge in [-0.05, 0) is 47.0 Å². The van der Waals surface area contributed by atoms with Gasteiger partial charge in [-0.15, -0.1) is 13.5 Å². The lowest BCUT2D eigenvalue weighted by molar-refractivity contribution is 0.0515. The van der Waals surface area contributed by atoms with Crippen molar-refractivity contribution in [3.05, 3.63) is 104 Å². The Morgan fingerprint density at radius 3 is 1.37 bits per heavy atom. The van der Waals surface area contributed by atoms with Crippen molar-refractivity contribution < 1.29 is 57.1 Å². The number of pyridine rings is 1. The van der Waals surface area contributed by atoms with Crippen LogP contribution in [0.15, 0.2) is 114 Å². The third kappa shape index (κ3) is 39.5. The van der Waals surface area contributed by atoms with Gasteiger partial charge in [-0.3, -0.25) is 54.1 Å². The molecule has 101 heavy (non-hydrogen) atoms. The first-order valence-corrected chi connectivity index (χ1v) is 40.9. The van der Waals surface area contributed by atoms with Gasteiger partial charge in [0.15, 0.2) is 27.2 Å². The van der Waals surface area contributed by atoms with Crippen LogP contribution in [0.1, 0.15) is 65.8 Å². The molecule has 0 radical (unpaired) electrons. The number of imidazole rings is 3. The van der Waals surface area contributed by atoms with Crippen LogP contribution in [-0.4, -0.2) is 202 Å². The quantitative estimate of drug-likeness (QED) is 0.0248. The van der Waals surface area contributed by atoms with Crippen LogP contribution in [-0.2, 0) is 59.4 Å². The number of hydrogen-bond donors (Lipinski definition) is 19.